The van der Waals surface area contributed by atoms with Crippen LogP contribution < -0.4 is 16.0 Å². The van der Waals surface area contributed by atoms with Crippen molar-refractivity contribution in [2.75, 3.05) is 15.6 Å². The van der Waals surface area contributed by atoms with Gasteiger partial charge in [-0.05, 0) is 25.5 Å². The quantitative estimate of drug-likeness (QED) is 0.380. The summed E-state index contributed by atoms with van der Waals surface area (Å²) in [6.07, 6.45) is 5.76. The summed E-state index contributed by atoms with van der Waals surface area (Å²) < 4.78 is 24.7. The average Bonchev–Trinajstić information content (AvgIpc) is 3.08. The van der Waals surface area contributed by atoms with Crippen LogP contribution in [0.1, 0.15) is 19.3 Å². The molecule has 2 amide bonds. The number of aromatic nitrogens is 3. The number of fused-ring (bicyclic) bond motifs is 1. The summed E-state index contributed by atoms with van der Waals surface area (Å²) in [4.78, 5) is 23.6. The number of aromatic amines is 1. The lowest BCUT2D eigenvalue weighted by atomic mass is 10.1. The van der Waals surface area contributed by atoms with E-state index in [1.807, 2.05) is 22.6 Å². The molecule has 25 heavy (non-hydrogen) atoms. The lowest BCUT2D eigenvalue weighted by Gasteiger charge is -2.31. The van der Waals surface area contributed by atoms with Crippen molar-refractivity contribution in [3.63, 3.8) is 0 Å². The van der Waals surface area contributed by atoms with Gasteiger partial charge >= 0.3 is 6.03 Å². The van der Waals surface area contributed by atoms with Crippen LogP contribution in [0.2, 0.25) is 0 Å². The number of sulfone groups is 1. The van der Waals surface area contributed by atoms with Crippen LogP contribution in [0.25, 0.3) is 11.2 Å². The highest BCUT2D eigenvalue weighted by molar-refractivity contribution is 14.1. The number of rotatable bonds is 5. The normalized spacial score (nSPS) is 19.5. The zero-order chi connectivity index (χ0) is 17.9. The Labute approximate surface area is 158 Å². The molecule has 2 aromatic heterocycles. The van der Waals surface area contributed by atoms with Crippen LogP contribution in [0, 0.1) is 0 Å². The highest BCUT2D eigenvalue weighted by atomic mass is 127. The van der Waals surface area contributed by atoms with Crippen LogP contribution in [0.3, 0.4) is 0 Å². The monoisotopic (exact) mass is 478 g/mol. The van der Waals surface area contributed by atoms with Gasteiger partial charge in [-0.15, -0.1) is 0 Å². The molecule has 2 unspecified atom stereocenters. The molecule has 136 valence electrons. The third-order valence-electron chi connectivity index (χ3n) is 4.03. The van der Waals surface area contributed by atoms with E-state index in [0.717, 1.165) is 19.4 Å². The van der Waals surface area contributed by atoms with Gasteiger partial charge in [0.25, 0.3) is 0 Å². The first-order valence-electron chi connectivity index (χ1n) is 7.88. The van der Waals surface area contributed by atoms with Gasteiger partial charge in [0.15, 0.2) is 21.3 Å². The number of hydrogen-bond acceptors (Lipinski definition) is 6. The zero-order valence-electron chi connectivity index (χ0n) is 13.3. The van der Waals surface area contributed by atoms with Crippen molar-refractivity contribution in [3.05, 3.63) is 18.5 Å². The highest BCUT2D eigenvalue weighted by Crippen LogP contribution is 2.17. The number of carbonyl (C=O) groups excluding carboxylic acids is 1. The molecule has 1 fully saturated rings. The fourth-order valence-corrected chi connectivity index (χ4v) is 5.14. The maximum Gasteiger partial charge on any atom is 0.321 e. The number of H-pyrrole nitrogens is 1. The molecule has 11 heteroatoms. The Morgan fingerprint density at radius 2 is 2.28 bits per heavy atom. The Hall–Kier alpha value is -1.47. The third kappa shape index (κ3) is 4.39. The molecule has 0 bridgehead atoms. The van der Waals surface area contributed by atoms with Crippen LogP contribution in [0.15, 0.2) is 18.5 Å². The van der Waals surface area contributed by atoms with Gasteiger partial charge in [0.05, 0.1) is 6.20 Å². The van der Waals surface area contributed by atoms with E-state index in [9.17, 15) is 13.2 Å². The highest BCUT2D eigenvalue weighted by Gasteiger charge is 2.34. The average molecular weight is 478 g/mol. The summed E-state index contributed by atoms with van der Waals surface area (Å²) in [6.45, 7) is 0.747. The molecule has 3 rings (SSSR count). The summed E-state index contributed by atoms with van der Waals surface area (Å²) in [5.41, 5.74) is 1.23. The van der Waals surface area contributed by atoms with Crippen molar-refractivity contribution in [2.24, 2.45) is 0 Å². The Bertz CT molecular complexity index is 849. The van der Waals surface area contributed by atoms with Gasteiger partial charge in [0.1, 0.15) is 14.7 Å². The SMILES string of the molecule is O=C(Nc1cnc2[nH]ccc2n1)NC(C1CCCCN1)S(=O)(=O)CI. The molecule has 2 aromatic rings. The minimum atomic E-state index is -3.46. The van der Waals surface area contributed by atoms with Crippen LogP contribution in [-0.2, 0) is 9.84 Å². The number of piperidine rings is 1. The molecule has 1 aliphatic rings. The summed E-state index contributed by atoms with van der Waals surface area (Å²) in [5.74, 6) is 0.256. The van der Waals surface area contributed by atoms with E-state index in [0.29, 0.717) is 17.6 Å². The van der Waals surface area contributed by atoms with Gasteiger partial charge in [-0.25, -0.2) is 23.2 Å². The number of amides is 2. The second-order valence-electron chi connectivity index (χ2n) is 5.81. The molecule has 9 nitrogen and oxygen atoms in total. The van der Waals surface area contributed by atoms with Crippen molar-refractivity contribution >= 4 is 55.4 Å². The van der Waals surface area contributed by atoms with Crippen molar-refractivity contribution in [1.29, 1.82) is 0 Å². The Morgan fingerprint density at radius 1 is 1.44 bits per heavy atom. The van der Waals surface area contributed by atoms with E-state index in [1.165, 1.54) is 6.20 Å². The third-order valence-corrected chi connectivity index (χ3v) is 8.16. The smallest absolute Gasteiger partial charge is 0.321 e. The van der Waals surface area contributed by atoms with E-state index in [1.54, 1.807) is 12.3 Å². The summed E-state index contributed by atoms with van der Waals surface area (Å²) in [7, 11) is -3.46. The number of alkyl halides is 1. The van der Waals surface area contributed by atoms with Gasteiger partial charge in [-0.3, -0.25) is 5.32 Å². The maximum absolute atomic E-state index is 12.4. The van der Waals surface area contributed by atoms with Crippen LogP contribution in [0.4, 0.5) is 10.6 Å². The van der Waals surface area contributed by atoms with Gasteiger partial charge in [-0.1, -0.05) is 29.0 Å². The predicted octanol–water partition coefficient (Wildman–Crippen LogP) is 1.35. The van der Waals surface area contributed by atoms with E-state index < -0.39 is 21.2 Å². The molecule has 1 aliphatic heterocycles. The minimum Gasteiger partial charge on any atom is -0.345 e. The molecule has 2 atom stereocenters. The first kappa shape index (κ1) is 18.3. The number of halogens is 1. The summed E-state index contributed by atoms with van der Waals surface area (Å²) in [5, 5.41) is 7.36. The summed E-state index contributed by atoms with van der Waals surface area (Å²) >= 11 is 1.81. The summed E-state index contributed by atoms with van der Waals surface area (Å²) in [6, 6.07) is 0.827. The lowest BCUT2D eigenvalue weighted by Crippen LogP contribution is -2.56. The number of anilines is 1. The van der Waals surface area contributed by atoms with E-state index in [-0.39, 0.29) is 15.6 Å². The molecular weight excluding hydrogens is 459 g/mol. The standard InChI is InChI=1S/C14H19IN6O3S/c15-8-25(23,24)13(10-3-1-2-5-16-10)21-14(22)20-11-7-18-12-9(19-11)4-6-17-12/h4,6-7,10,13,16H,1-3,5,8H2,(H,17,18)(H2,19,20,21,22). The number of hydrogen-bond donors (Lipinski definition) is 4. The second-order valence-corrected chi connectivity index (χ2v) is 9.73. The van der Waals surface area contributed by atoms with Crippen LogP contribution in [0.5, 0.6) is 0 Å². The van der Waals surface area contributed by atoms with Crippen molar-refractivity contribution in [1.82, 2.24) is 25.6 Å². The van der Waals surface area contributed by atoms with Gasteiger partial charge in [0, 0.05) is 12.2 Å². The minimum absolute atomic E-state index is 0.0665. The van der Waals surface area contributed by atoms with Crippen molar-refractivity contribution in [2.45, 2.75) is 30.7 Å². The molecule has 0 aromatic carbocycles. The Balaban J connectivity index is 1.72. The molecule has 3 heterocycles. The molecule has 0 radical (unpaired) electrons. The number of nitrogens with one attached hydrogen (secondary N) is 4. The van der Waals surface area contributed by atoms with Crippen LogP contribution >= 0.6 is 22.6 Å². The molecule has 4 N–H and O–H groups in total. The number of carbonyl (C=O) groups is 1. The Kier molecular flexibility index (Phi) is 5.74. The predicted molar refractivity (Wildman–Crippen MR) is 103 cm³/mol. The second kappa shape index (κ2) is 7.83. The topological polar surface area (TPSA) is 129 Å². The molecule has 1 saturated heterocycles. The lowest BCUT2D eigenvalue weighted by molar-refractivity contribution is 0.247. The van der Waals surface area contributed by atoms with Crippen molar-refractivity contribution in [3.8, 4) is 0 Å². The van der Waals surface area contributed by atoms with E-state index in [4.69, 9.17) is 0 Å². The maximum atomic E-state index is 12.4. The molecule has 0 saturated carbocycles. The fraction of sp³-hybridized carbons (Fsp3) is 0.500. The fourth-order valence-electron chi connectivity index (χ4n) is 2.82. The van der Waals surface area contributed by atoms with Gasteiger partial charge in [0.2, 0.25) is 0 Å². The number of nitrogens with zero attached hydrogens (tertiary/aromatic N) is 2. The van der Waals surface area contributed by atoms with Crippen LogP contribution in [-0.4, -0.2) is 51.1 Å². The van der Waals surface area contributed by atoms with Crippen molar-refractivity contribution < 1.29 is 13.2 Å². The van der Waals surface area contributed by atoms with E-state index in [2.05, 4.69) is 30.9 Å². The molecule has 0 spiro atoms. The largest absolute Gasteiger partial charge is 0.345 e. The molecule has 0 aliphatic carbocycles. The van der Waals surface area contributed by atoms with Gasteiger partial charge in [-0.2, -0.15) is 0 Å². The van der Waals surface area contributed by atoms with Gasteiger partial charge < -0.3 is 15.6 Å². The Morgan fingerprint density at radius 3 is 3.00 bits per heavy atom. The van der Waals surface area contributed by atoms with E-state index >= 15 is 0 Å². The molecular formula is C14H19IN6O3S. The first-order valence-corrected chi connectivity index (χ1v) is 11.1. The first-order chi connectivity index (χ1) is 12.0. The number of urea groups is 1. The zero-order valence-corrected chi connectivity index (χ0v) is 16.3.